The SMILES string of the molecule is CCCCC[C@](OCOC)(c1ccccc1I)C(C)(C)OC(N)=O. The minimum absolute atomic E-state index is 0.0999. The Morgan fingerprint density at radius 3 is 2.46 bits per heavy atom. The average molecular weight is 449 g/mol. The predicted molar refractivity (Wildman–Crippen MR) is 103 cm³/mol. The third kappa shape index (κ3) is 5.07. The quantitative estimate of drug-likeness (QED) is 0.323. The second-order valence-corrected chi connectivity index (χ2v) is 7.41. The summed E-state index contributed by atoms with van der Waals surface area (Å²) in [6, 6.07) is 7.96. The van der Waals surface area contributed by atoms with Crippen LogP contribution in [0.15, 0.2) is 24.3 Å². The van der Waals surface area contributed by atoms with Gasteiger partial charge in [-0.25, -0.2) is 4.79 Å². The molecule has 1 rings (SSSR count). The summed E-state index contributed by atoms with van der Waals surface area (Å²) in [4.78, 5) is 11.5. The van der Waals surface area contributed by atoms with Crippen molar-refractivity contribution in [3.8, 4) is 0 Å². The first-order chi connectivity index (χ1) is 11.3. The van der Waals surface area contributed by atoms with Crippen molar-refractivity contribution >= 4 is 28.7 Å². The van der Waals surface area contributed by atoms with Gasteiger partial charge in [-0.15, -0.1) is 0 Å². The molecule has 0 bridgehead atoms. The molecule has 1 amide bonds. The van der Waals surface area contributed by atoms with Crippen LogP contribution in [0.3, 0.4) is 0 Å². The van der Waals surface area contributed by atoms with Crippen molar-refractivity contribution < 1.29 is 19.0 Å². The topological polar surface area (TPSA) is 70.8 Å². The molecule has 1 aromatic carbocycles. The number of carbonyl (C=O) groups excluding carboxylic acids is 1. The smallest absolute Gasteiger partial charge is 0.405 e. The highest BCUT2D eigenvalue weighted by Gasteiger charge is 2.51. The van der Waals surface area contributed by atoms with Crippen molar-refractivity contribution in [3.05, 3.63) is 33.4 Å². The van der Waals surface area contributed by atoms with Crippen LogP contribution in [-0.2, 0) is 19.8 Å². The van der Waals surface area contributed by atoms with E-state index in [9.17, 15) is 4.79 Å². The van der Waals surface area contributed by atoms with Gasteiger partial charge in [-0.1, -0.05) is 44.4 Å². The summed E-state index contributed by atoms with van der Waals surface area (Å²) in [6.45, 7) is 5.92. The summed E-state index contributed by atoms with van der Waals surface area (Å²) in [6.07, 6.45) is 2.98. The fourth-order valence-electron chi connectivity index (χ4n) is 2.99. The zero-order chi connectivity index (χ0) is 18.2. The summed E-state index contributed by atoms with van der Waals surface area (Å²) in [5.41, 5.74) is 4.51. The molecule has 136 valence electrons. The Bertz CT molecular complexity index is 536. The first-order valence-electron chi connectivity index (χ1n) is 8.17. The maximum absolute atomic E-state index is 11.5. The summed E-state index contributed by atoms with van der Waals surface area (Å²) in [5.74, 6) is 0. The Kier molecular flexibility index (Phi) is 8.45. The molecular formula is C18H28INO4. The predicted octanol–water partition coefficient (Wildman–Crippen LogP) is 4.56. The number of unbranched alkanes of at least 4 members (excludes halogenated alkanes) is 2. The fourth-order valence-corrected chi connectivity index (χ4v) is 3.81. The highest BCUT2D eigenvalue weighted by atomic mass is 127. The molecule has 0 fully saturated rings. The summed E-state index contributed by atoms with van der Waals surface area (Å²) in [7, 11) is 1.58. The van der Waals surface area contributed by atoms with Crippen LogP contribution in [0.2, 0.25) is 0 Å². The molecule has 0 spiro atoms. The van der Waals surface area contributed by atoms with Crippen LogP contribution in [-0.4, -0.2) is 25.6 Å². The number of halogens is 1. The van der Waals surface area contributed by atoms with Crippen LogP contribution in [0.4, 0.5) is 4.79 Å². The number of carbonyl (C=O) groups is 1. The van der Waals surface area contributed by atoms with E-state index in [0.717, 1.165) is 28.4 Å². The lowest BCUT2D eigenvalue weighted by atomic mass is 9.75. The van der Waals surface area contributed by atoms with Gasteiger partial charge in [-0.3, -0.25) is 0 Å². The van der Waals surface area contributed by atoms with E-state index in [4.69, 9.17) is 19.9 Å². The summed E-state index contributed by atoms with van der Waals surface area (Å²) >= 11 is 2.28. The number of ether oxygens (including phenoxy) is 3. The Hall–Kier alpha value is -0.860. The normalized spacial score (nSPS) is 14.2. The molecule has 24 heavy (non-hydrogen) atoms. The second-order valence-electron chi connectivity index (χ2n) is 6.25. The number of primary amides is 1. The Balaban J connectivity index is 3.42. The van der Waals surface area contributed by atoms with Gasteiger partial charge in [0, 0.05) is 16.2 Å². The molecule has 5 nitrogen and oxygen atoms in total. The van der Waals surface area contributed by atoms with E-state index in [2.05, 4.69) is 29.5 Å². The van der Waals surface area contributed by atoms with Crippen molar-refractivity contribution in [2.75, 3.05) is 13.9 Å². The first-order valence-corrected chi connectivity index (χ1v) is 9.25. The standard InChI is InChI=1S/C18H28INO4/c1-5-6-9-12-18(23-13-22-4,17(2,3)24-16(20)21)14-10-7-8-11-15(14)19/h7-8,10-11H,5-6,9,12-13H2,1-4H3,(H2,20,21)/t18-/m0/s1. The van der Waals surface area contributed by atoms with Gasteiger partial charge in [0.05, 0.1) is 0 Å². The molecule has 1 aromatic rings. The maximum Gasteiger partial charge on any atom is 0.405 e. The summed E-state index contributed by atoms with van der Waals surface area (Å²) in [5, 5.41) is 0. The Morgan fingerprint density at radius 1 is 1.25 bits per heavy atom. The van der Waals surface area contributed by atoms with Gasteiger partial charge >= 0.3 is 6.09 Å². The number of methoxy groups -OCH3 is 1. The zero-order valence-corrected chi connectivity index (χ0v) is 17.1. The number of hydrogen-bond donors (Lipinski definition) is 1. The number of amides is 1. The highest BCUT2D eigenvalue weighted by molar-refractivity contribution is 14.1. The van der Waals surface area contributed by atoms with Gasteiger partial charge in [0.15, 0.2) is 0 Å². The average Bonchev–Trinajstić information content (AvgIpc) is 2.50. The molecule has 0 radical (unpaired) electrons. The maximum atomic E-state index is 11.5. The van der Waals surface area contributed by atoms with E-state index in [1.807, 2.05) is 38.1 Å². The molecule has 0 aliphatic rings. The van der Waals surface area contributed by atoms with Gasteiger partial charge in [0.1, 0.15) is 18.0 Å². The van der Waals surface area contributed by atoms with Crippen LogP contribution in [0, 0.1) is 3.57 Å². The third-order valence-electron chi connectivity index (χ3n) is 4.19. The van der Waals surface area contributed by atoms with Crippen molar-refractivity contribution in [2.24, 2.45) is 5.73 Å². The van der Waals surface area contributed by atoms with Gasteiger partial charge in [-0.05, 0) is 48.9 Å². The molecule has 0 saturated heterocycles. The van der Waals surface area contributed by atoms with Gasteiger partial charge in [-0.2, -0.15) is 0 Å². The van der Waals surface area contributed by atoms with Crippen LogP contribution < -0.4 is 5.73 Å². The minimum atomic E-state index is -0.952. The van der Waals surface area contributed by atoms with E-state index in [1.54, 1.807) is 7.11 Å². The molecule has 6 heteroatoms. The van der Waals surface area contributed by atoms with Crippen molar-refractivity contribution in [2.45, 2.75) is 57.7 Å². The molecule has 2 N–H and O–H groups in total. The Morgan fingerprint density at radius 2 is 1.92 bits per heavy atom. The van der Waals surface area contributed by atoms with Crippen molar-refractivity contribution in [3.63, 3.8) is 0 Å². The van der Waals surface area contributed by atoms with E-state index >= 15 is 0 Å². The summed E-state index contributed by atoms with van der Waals surface area (Å²) < 4.78 is 17.9. The van der Waals surface area contributed by atoms with E-state index in [0.29, 0.717) is 6.42 Å². The first kappa shape index (κ1) is 21.2. The monoisotopic (exact) mass is 449 g/mol. The van der Waals surface area contributed by atoms with Gasteiger partial charge in [0.2, 0.25) is 0 Å². The molecule has 0 aromatic heterocycles. The molecule has 0 aliphatic carbocycles. The molecule has 0 heterocycles. The van der Waals surface area contributed by atoms with Crippen molar-refractivity contribution in [1.29, 1.82) is 0 Å². The second kappa shape index (κ2) is 9.58. The van der Waals surface area contributed by atoms with Crippen LogP contribution in [0.25, 0.3) is 0 Å². The molecule has 0 aliphatic heterocycles. The largest absolute Gasteiger partial charge is 0.440 e. The zero-order valence-electron chi connectivity index (χ0n) is 14.9. The number of nitrogens with two attached hydrogens (primary N) is 1. The minimum Gasteiger partial charge on any atom is -0.440 e. The van der Waals surface area contributed by atoms with E-state index in [-0.39, 0.29) is 6.79 Å². The van der Waals surface area contributed by atoms with Gasteiger partial charge < -0.3 is 19.9 Å². The molecule has 0 saturated carbocycles. The lowest BCUT2D eigenvalue weighted by Crippen LogP contribution is -2.53. The lowest BCUT2D eigenvalue weighted by molar-refractivity contribution is -0.218. The van der Waals surface area contributed by atoms with Crippen LogP contribution in [0.5, 0.6) is 0 Å². The molecule has 0 unspecified atom stereocenters. The van der Waals surface area contributed by atoms with Gasteiger partial charge in [0.25, 0.3) is 0 Å². The molecule has 1 atom stereocenters. The number of hydrogen-bond acceptors (Lipinski definition) is 4. The molecular weight excluding hydrogens is 421 g/mol. The fraction of sp³-hybridized carbons (Fsp3) is 0.611. The number of benzene rings is 1. The van der Waals surface area contributed by atoms with Crippen LogP contribution >= 0.6 is 22.6 Å². The van der Waals surface area contributed by atoms with Crippen molar-refractivity contribution in [1.82, 2.24) is 0 Å². The highest BCUT2D eigenvalue weighted by Crippen LogP contribution is 2.45. The lowest BCUT2D eigenvalue weighted by Gasteiger charge is -2.46. The van der Waals surface area contributed by atoms with Crippen LogP contribution in [0.1, 0.15) is 52.0 Å². The third-order valence-corrected chi connectivity index (χ3v) is 5.13. The number of rotatable bonds is 10. The van der Waals surface area contributed by atoms with E-state index < -0.39 is 17.3 Å². The Labute approximate surface area is 158 Å². The van der Waals surface area contributed by atoms with E-state index in [1.165, 1.54) is 0 Å².